The lowest BCUT2D eigenvalue weighted by Gasteiger charge is -2.30. The topological polar surface area (TPSA) is 55.8 Å². The summed E-state index contributed by atoms with van der Waals surface area (Å²) in [6.45, 7) is 1.12. The molecule has 0 bridgehead atoms. The minimum Gasteiger partial charge on any atom is -0.462 e. The Morgan fingerprint density at radius 2 is 1.79 bits per heavy atom. The molecule has 5 heteroatoms. The van der Waals surface area contributed by atoms with Gasteiger partial charge in [0.15, 0.2) is 0 Å². The van der Waals surface area contributed by atoms with E-state index in [4.69, 9.17) is 4.74 Å². The van der Waals surface area contributed by atoms with Gasteiger partial charge in [0, 0.05) is 20.2 Å². The number of ether oxygens (including phenoxy) is 2. The Balaban J connectivity index is 2.41. The van der Waals surface area contributed by atoms with Crippen LogP contribution >= 0.6 is 0 Å². The number of likely N-dealkylation sites (tertiary alicyclic amines) is 1. The van der Waals surface area contributed by atoms with Gasteiger partial charge in [-0.25, -0.2) is 4.79 Å². The Labute approximate surface area is 83.0 Å². The van der Waals surface area contributed by atoms with E-state index >= 15 is 0 Å². The molecule has 0 aromatic rings. The fourth-order valence-corrected chi connectivity index (χ4v) is 1.51. The first kappa shape index (κ1) is 11.0. The highest BCUT2D eigenvalue weighted by Gasteiger charge is 2.27. The number of rotatable bonds is 1. The van der Waals surface area contributed by atoms with Crippen molar-refractivity contribution >= 4 is 11.9 Å². The molecular formula is C9H15NO4. The molecule has 0 saturated carbocycles. The summed E-state index contributed by atoms with van der Waals surface area (Å²) in [5, 5.41) is 0. The maximum atomic E-state index is 11.3. The summed E-state index contributed by atoms with van der Waals surface area (Å²) in [5.41, 5.74) is 0. The first-order chi connectivity index (χ1) is 6.69. The summed E-state index contributed by atoms with van der Waals surface area (Å²) < 4.78 is 9.51. The summed E-state index contributed by atoms with van der Waals surface area (Å²) in [6, 6.07) is 0. The van der Waals surface area contributed by atoms with Crippen LogP contribution in [0.3, 0.4) is 0 Å². The molecule has 0 aliphatic carbocycles. The molecule has 5 nitrogen and oxygen atoms in total. The molecule has 0 aromatic heterocycles. The quantitative estimate of drug-likeness (QED) is 0.435. The van der Waals surface area contributed by atoms with E-state index in [-0.39, 0.29) is 6.10 Å². The van der Waals surface area contributed by atoms with E-state index in [1.807, 2.05) is 0 Å². The molecule has 80 valence electrons. The molecule has 0 atom stereocenters. The summed E-state index contributed by atoms with van der Waals surface area (Å²) in [4.78, 5) is 23.8. The van der Waals surface area contributed by atoms with Gasteiger partial charge in [-0.15, -0.1) is 0 Å². The van der Waals surface area contributed by atoms with Crippen molar-refractivity contribution < 1.29 is 19.1 Å². The summed E-state index contributed by atoms with van der Waals surface area (Å²) in [6.07, 6.45) is 1.76. The maximum absolute atomic E-state index is 11.3. The number of hydrogen-bond acceptors (Lipinski definition) is 4. The van der Waals surface area contributed by atoms with Crippen LogP contribution in [0.25, 0.3) is 0 Å². The van der Waals surface area contributed by atoms with Crippen LogP contribution in [0.2, 0.25) is 0 Å². The number of hydrogen-bond donors (Lipinski definition) is 0. The molecule has 0 unspecified atom stereocenters. The molecule has 1 fully saturated rings. The van der Waals surface area contributed by atoms with Gasteiger partial charge in [-0.05, 0) is 12.8 Å². The first-order valence-corrected chi connectivity index (χ1v) is 4.59. The second-order valence-corrected chi connectivity index (χ2v) is 3.22. The zero-order valence-electron chi connectivity index (χ0n) is 8.49. The molecule has 1 amide bonds. The van der Waals surface area contributed by atoms with E-state index in [9.17, 15) is 9.59 Å². The molecule has 0 N–H and O–H groups in total. The van der Waals surface area contributed by atoms with Crippen molar-refractivity contribution in [2.75, 3.05) is 27.3 Å². The predicted molar refractivity (Wildman–Crippen MR) is 48.6 cm³/mol. The molecule has 1 aliphatic heterocycles. The average Bonchev–Trinajstić information content (AvgIpc) is 2.27. The van der Waals surface area contributed by atoms with E-state index in [0.29, 0.717) is 13.1 Å². The van der Waals surface area contributed by atoms with E-state index in [1.54, 1.807) is 7.11 Å². The zero-order valence-corrected chi connectivity index (χ0v) is 8.49. The largest absolute Gasteiger partial charge is 0.462 e. The maximum Gasteiger partial charge on any atom is 0.396 e. The number of amides is 1. The molecular weight excluding hydrogens is 186 g/mol. The van der Waals surface area contributed by atoms with Gasteiger partial charge in [0.05, 0.1) is 13.2 Å². The molecule has 0 radical (unpaired) electrons. The molecule has 1 saturated heterocycles. The van der Waals surface area contributed by atoms with Crippen LogP contribution < -0.4 is 0 Å². The standard InChI is InChI=1S/C9H15NO4/c1-13-7-3-5-10(6-4-7)8(11)9(12)14-2/h7H,3-6H2,1-2H3. The second-order valence-electron chi connectivity index (χ2n) is 3.22. The van der Waals surface area contributed by atoms with Gasteiger partial charge in [0.1, 0.15) is 0 Å². The summed E-state index contributed by atoms with van der Waals surface area (Å²) in [5.74, 6) is -1.34. The van der Waals surface area contributed by atoms with Gasteiger partial charge in [0.25, 0.3) is 0 Å². The van der Waals surface area contributed by atoms with E-state index < -0.39 is 11.9 Å². The Morgan fingerprint density at radius 3 is 2.21 bits per heavy atom. The van der Waals surface area contributed by atoms with Crippen LogP contribution in [0, 0.1) is 0 Å². The molecule has 0 spiro atoms. The van der Waals surface area contributed by atoms with E-state index in [2.05, 4.69) is 4.74 Å². The Kier molecular flexibility index (Phi) is 3.88. The lowest BCUT2D eigenvalue weighted by atomic mass is 10.1. The van der Waals surface area contributed by atoms with Gasteiger partial charge in [-0.3, -0.25) is 4.79 Å². The summed E-state index contributed by atoms with van der Waals surface area (Å²) >= 11 is 0. The highest BCUT2D eigenvalue weighted by Crippen LogP contribution is 2.12. The second kappa shape index (κ2) is 4.95. The number of methoxy groups -OCH3 is 2. The number of carbonyl (C=O) groups excluding carboxylic acids is 2. The number of piperidine rings is 1. The Bertz CT molecular complexity index is 221. The third kappa shape index (κ3) is 2.45. The SMILES string of the molecule is COC(=O)C(=O)N1CCC(OC)CC1. The fraction of sp³-hybridized carbons (Fsp3) is 0.778. The van der Waals surface area contributed by atoms with Gasteiger partial charge >= 0.3 is 11.9 Å². The van der Waals surface area contributed by atoms with Crippen molar-refractivity contribution in [3.05, 3.63) is 0 Å². The van der Waals surface area contributed by atoms with Crippen LogP contribution in [0.4, 0.5) is 0 Å². The molecule has 1 rings (SSSR count). The van der Waals surface area contributed by atoms with Crippen molar-refractivity contribution in [3.8, 4) is 0 Å². The zero-order chi connectivity index (χ0) is 10.6. The van der Waals surface area contributed by atoms with Crippen LogP contribution in [0.1, 0.15) is 12.8 Å². The van der Waals surface area contributed by atoms with E-state index in [1.165, 1.54) is 12.0 Å². The first-order valence-electron chi connectivity index (χ1n) is 4.59. The van der Waals surface area contributed by atoms with Crippen LogP contribution in [-0.2, 0) is 19.1 Å². The lowest BCUT2D eigenvalue weighted by Crippen LogP contribution is -2.44. The predicted octanol–water partition coefficient (Wildman–Crippen LogP) is -0.203. The van der Waals surface area contributed by atoms with Crippen LogP contribution in [-0.4, -0.2) is 50.2 Å². The highest BCUT2D eigenvalue weighted by atomic mass is 16.5. The Hall–Kier alpha value is -1.10. The molecule has 14 heavy (non-hydrogen) atoms. The normalized spacial score (nSPS) is 18.0. The smallest absolute Gasteiger partial charge is 0.396 e. The van der Waals surface area contributed by atoms with Crippen LogP contribution in [0.15, 0.2) is 0 Å². The molecule has 1 aliphatic rings. The third-order valence-corrected chi connectivity index (χ3v) is 2.42. The average molecular weight is 201 g/mol. The highest BCUT2D eigenvalue weighted by molar-refractivity contribution is 6.32. The van der Waals surface area contributed by atoms with Gasteiger partial charge in [-0.2, -0.15) is 0 Å². The summed E-state index contributed by atoms with van der Waals surface area (Å²) in [7, 11) is 2.87. The van der Waals surface area contributed by atoms with Gasteiger partial charge < -0.3 is 14.4 Å². The van der Waals surface area contributed by atoms with Crippen molar-refractivity contribution in [3.63, 3.8) is 0 Å². The third-order valence-electron chi connectivity index (χ3n) is 2.42. The van der Waals surface area contributed by atoms with Gasteiger partial charge in [-0.1, -0.05) is 0 Å². The van der Waals surface area contributed by atoms with Crippen molar-refractivity contribution in [2.24, 2.45) is 0 Å². The Morgan fingerprint density at radius 1 is 1.21 bits per heavy atom. The van der Waals surface area contributed by atoms with Gasteiger partial charge in [0.2, 0.25) is 0 Å². The van der Waals surface area contributed by atoms with Crippen molar-refractivity contribution in [1.82, 2.24) is 4.90 Å². The van der Waals surface area contributed by atoms with Crippen molar-refractivity contribution in [1.29, 1.82) is 0 Å². The molecule has 1 heterocycles. The molecule has 0 aromatic carbocycles. The monoisotopic (exact) mass is 201 g/mol. The van der Waals surface area contributed by atoms with E-state index in [0.717, 1.165) is 12.8 Å². The fourth-order valence-electron chi connectivity index (χ4n) is 1.51. The number of esters is 1. The lowest BCUT2D eigenvalue weighted by molar-refractivity contribution is -0.159. The van der Waals surface area contributed by atoms with Crippen molar-refractivity contribution in [2.45, 2.75) is 18.9 Å². The minimum absolute atomic E-state index is 0.205. The van der Waals surface area contributed by atoms with Crippen LogP contribution in [0.5, 0.6) is 0 Å². The number of carbonyl (C=O) groups is 2. The minimum atomic E-state index is -0.791. The number of nitrogens with zero attached hydrogens (tertiary/aromatic N) is 1.